The zero-order chi connectivity index (χ0) is 47.9. The normalized spacial score (nSPS) is 13.0. The van der Waals surface area contributed by atoms with E-state index in [1.54, 1.807) is 0 Å². The number of unbranched alkanes of at least 4 members (excludes halogenated alkanes) is 18. The fraction of sp³-hybridized carbons (Fsp3) is 0.650. The first-order valence-electron chi connectivity index (χ1n) is 26.9. The SMILES string of the molecule is CC/C=C\C/C=C\C/C=C\C/C=C\C/C=C\C/C=C\C/C=C\CCCCCC(=O)OCC(COC(=O)CCCCCCCCCCC)OC(=O)CCCCCCC/C=C\C/C=C\CCCC. The van der Waals surface area contributed by atoms with Gasteiger partial charge in [0.25, 0.3) is 0 Å². The van der Waals surface area contributed by atoms with Crippen molar-refractivity contribution in [2.45, 2.75) is 239 Å². The van der Waals surface area contributed by atoms with E-state index in [0.717, 1.165) is 135 Å². The van der Waals surface area contributed by atoms with Crippen LogP contribution in [-0.4, -0.2) is 37.2 Å². The van der Waals surface area contributed by atoms with E-state index >= 15 is 0 Å². The molecule has 0 aliphatic heterocycles. The Balaban J connectivity index is 4.37. The van der Waals surface area contributed by atoms with Crippen LogP contribution in [0.2, 0.25) is 0 Å². The van der Waals surface area contributed by atoms with Crippen LogP contribution in [0.1, 0.15) is 233 Å². The van der Waals surface area contributed by atoms with Gasteiger partial charge in [0, 0.05) is 19.3 Å². The van der Waals surface area contributed by atoms with Crippen LogP contribution >= 0.6 is 0 Å². The second-order valence-electron chi connectivity index (χ2n) is 17.4. The lowest BCUT2D eigenvalue weighted by Gasteiger charge is -2.18. The van der Waals surface area contributed by atoms with E-state index in [1.165, 1.54) is 57.8 Å². The van der Waals surface area contributed by atoms with Gasteiger partial charge in [-0.05, 0) is 103 Å². The highest BCUT2D eigenvalue weighted by molar-refractivity contribution is 5.71. The highest BCUT2D eigenvalue weighted by atomic mass is 16.6. The Hall–Kier alpha value is -3.93. The van der Waals surface area contributed by atoms with Gasteiger partial charge >= 0.3 is 17.9 Å². The lowest BCUT2D eigenvalue weighted by atomic mass is 10.1. The molecule has 0 aromatic heterocycles. The molecular formula is C60H98O6. The quantitative estimate of drug-likeness (QED) is 0.0262. The first-order valence-corrected chi connectivity index (χ1v) is 26.9. The van der Waals surface area contributed by atoms with Crippen LogP contribution in [0.3, 0.4) is 0 Å². The maximum atomic E-state index is 12.8. The van der Waals surface area contributed by atoms with E-state index in [4.69, 9.17) is 14.2 Å². The lowest BCUT2D eigenvalue weighted by Crippen LogP contribution is -2.30. The number of ether oxygens (including phenoxy) is 3. The fourth-order valence-corrected chi connectivity index (χ4v) is 6.97. The first-order chi connectivity index (χ1) is 32.5. The van der Waals surface area contributed by atoms with Crippen molar-refractivity contribution in [3.8, 4) is 0 Å². The van der Waals surface area contributed by atoms with Crippen molar-refractivity contribution in [1.82, 2.24) is 0 Å². The first kappa shape index (κ1) is 62.1. The van der Waals surface area contributed by atoms with E-state index in [9.17, 15) is 14.4 Å². The smallest absolute Gasteiger partial charge is 0.306 e. The molecule has 6 nitrogen and oxygen atoms in total. The zero-order valence-electron chi connectivity index (χ0n) is 42.7. The van der Waals surface area contributed by atoms with Crippen molar-refractivity contribution < 1.29 is 28.6 Å². The molecule has 0 spiro atoms. The van der Waals surface area contributed by atoms with E-state index in [0.29, 0.717) is 19.3 Å². The molecule has 374 valence electrons. The van der Waals surface area contributed by atoms with Gasteiger partial charge < -0.3 is 14.2 Å². The van der Waals surface area contributed by atoms with E-state index in [2.05, 4.69) is 130 Å². The number of carbonyl (C=O) groups is 3. The summed E-state index contributed by atoms with van der Waals surface area (Å²) in [6.07, 6.45) is 72.2. The molecule has 0 aromatic carbocycles. The van der Waals surface area contributed by atoms with Gasteiger partial charge in [-0.1, -0.05) is 220 Å². The number of allylic oxidation sites excluding steroid dienone is 18. The number of hydrogen-bond donors (Lipinski definition) is 0. The van der Waals surface area contributed by atoms with Gasteiger partial charge in [-0.25, -0.2) is 0 Å². The Labute approximate surface area is 406 Å². The summed E-state index contributed by atoms with van der Waals surface area (Å²) < 4.78 is 16.7. The molecular weight excluding hydrogens is 817 g/mol. The molecule has 6 heteroatoms. The van der Waals surface area contributed by atoms with Crippen LogP contribution in [0.15, 0.2) is 109 Å². The third kappa shape index (κ3) is 51.1. The zero-order valence-corrected chi connectivity index (χ0v) is 42.7. The summed E-state index contributed by atoms with van der Waals surface area (Å²) in [7, 11) is 0. The molecule has 0 bridgehead atoms. The van der Waals surface area contributed by atoms with E-state index < -0.39 is 6.10 Å². The molecule has 0 saturated carbocycles. The number of esters is 3. The van der Waals surface area contributed by atoms with Gasteiger partial charge in [0.15, 0.2) is 6.10 Å². The Morgan fingerprint density at radius 3 is 0.985 bits per heavy atom. The summed E-state index contributed by atoms with van der Waals surface area (Å²) in [6.45, 7) is 6.41. The molecule has 0 saturated heterocycles. The van der Waals surface area contributed by atoms with Crippen LogP contribution in [-0.2, 0) is 28.6 Å². The van der Waals surface area contributed by atoms with Gasteiger partial charge in [-0.15, -0.1) is 0 Å². The third-order valence-electron chi connectivity index (χ3n) is 11.0. The van der Waals surface area contributed by atoms with Crippen molar-refractivity contribution in [2.24, 2.45) is 0 Å². The van der Waals surface area contributed by atoms with Crippen LogP contribution in [0.25, 0.3) is 0 Å². The summed E-state index contributed by atoms with van der Waals surface area (Å²) in [4.78, 5) is 37.9. The lowest BCUT2D eigenvalue weighted by molar-refractivity contribution is -0.167. The minimum absolute atomic E-state index is 0.0950. The summed E-state index contributed by atoms with van der Waals surface area (Å²) in [5.74, 6) is -0.951. The molecule has 1 atom stereocenters. The Kier molecular flexibility index (Phi) is 50.5. The second-order valence-corrected chi connectivity index (χ2v) is 17.4. The monoisotopic (exact) mass is 915 g/mol. The van der Waals surface area contributed by atoms with Crippen LogP contribution in [0, 0.1) is 0 Å². The third-order valence-corrected chi connectivity index (χ3v) is 11.0. The molecule has 0 amide bonds. The maximum Gasteiger partial charge on any atom is 0.306 e. The largest absolute Gasteiger partial charge is 0.462 e. The van der Waals surface area contributed by atoms with E-state index in [-0.39, 0.29) is 31.1 Å². The average molecular weight is 915 g/mol. The predicted octanol–water partition coefficient (Wildman–Crippen LogP) is 17.9. The molecule has 0 fully saturated rings. The molecule has 0 heterocycles. The van der Waals surface area contributed by atoms with Gasteiger partial charge in [-0.3, -0.25) is 14.4 Å². The Morgan fingerprint density at radius 1 is 0.318 bits per heavy atom. The van der Waals surface area contributed by atoms with Gasteiger partial charge in [0.05, 0.1) is 0 Å². The molecule has 1 unspecified atom stereocenters. The summed E-state index contributed by atoms with van der Waals surface area (Å²) in [5, 5.41) is 0. The van der Waals surface area contributed by atoms with Crippen molar-refractivity contribution in [2.75, 3.05) is 13.2 Å². The van der Waals surface area contributed by atoms with Crippen LogP contribution < -0.4 is 0 Å². The summed E-state index contributed by atoms with van der Waals surface area (Å²) in [6, 6.07) is 0. The molecule has 0 N–H and O–H groups in total. The van der Waals surface area contributed by atoms with Crippen LogP contribution in [0.5, 0.6) is 0 Å². The highest BCUT2D eigenvalue weighted by Crippen LogP contribution is 2.13. The topological polar surface area (TPSA) is 78.9 Å². The average Bonchev–Trinajstić information content (AvgIpc) is 3.31. The molecule has 0 aliphatic rings. The second kappa shape index (κ2) is 53.7. The molecule has 0 radical (unpaired) electrons. The van der Waals surface area contributed by atoms with Crippen molar-refractivity contribution >= 4 is 17.9 Å². The maximum absolute atomic E-state index is 12.8. The fourth-order valence-electron chi connectivity index (χ4n) is 6.97. The minimum Gasteiger partial charge on any atom is -0.462 e. The molecule has 0 rings (SSSR count). The van der Waals surface area contributed by atoms with Gasteiger partial charge in [0.2, 0.25) is 0 Å². The van der Waals surface area contributed by atoms with Crippen molar-refractivity contribution in [3.05, 3.63) is 109 Å². The van der Waals surface area contributed by atoms with E-state index in [1.807, 2.05) is 0 Å². The van der Waals surface area contributed by atoms with Gasteiger partial charge in [0.1, 0.15) is 13.2 Å². The van der Waals surface area contributed by atoms with Gasteiger partial charge in [-0.2, -0.15) is 0 Å². The van der Waals surface area contributed by atoms with Crippen molar-refractivity contribution in [1.29, 1.82) is 0 Å². The minimum atomic E-state index is -0.798. The molecule has 66 heavy (non-hydrogen) atoms. The van der Waals surface area contributed by atoms with Crippen LogP contribution in [0.4, 0.5) is 0 Å². The Morgan fingerprint density at radius 2 is 0.606 bits per heavy atom. The molecule has 0 aliphatic carbocycles. The van der Waals surface area contributed by atoms with Crippen molar-refractivity contribution in [3.63, 3.8) is 0 Å². The standard InChI is InChI=1S/C60H98O6/c1-4-7-10-13-16-19-21-23-25-26-27-28-29-30-31-32-33-34-35-37-38-41-44-47-50-53-59(62)65-56-57(55-64-58(61)52-49-46-43-40-18-15-12-9-6-3)66-60(63)54-51-48-45-42-39-36-24-22-20-17-14-11-8-5-2/h7,10,14,16-17,19,22-25,27-28,30-31,33-34,37-38,57H,4-6,8-9,11-13,15,18,20-21,26,29,32,35-36,39-56H2,1-3H3/b10-7-,17-14-,19-16-,24-22-,25-23-,28-27-,31-30-,34-33-,38-37-. The summed E-state index contributed by atoms with van der Waals surface area (Å²) >= 11 is 0. The Bertz CT molecular complexity index is 1370. The number of rotatable bonds is 47. The highest BCUT2D eigenvalue weighted by Gasteiger charge is 2.19. The number of carbonyl (C=O) groups excluding carboxylic acids is 3. The predicted molar refractivity (Wildman–Crippen MR) is 283 cm³/mol. The number of hydrogen-bond acceptors (Lipinski definition) is 6. The molecule has 0 aromatic rings. The summed E-state index contributed by atoms with van der Waals surface area (Å²) in [5.41, 5.74) is 0.